The topological polar surface area (TPSA) is 104 Å². The molecule has 10 heteroatoms. The van der Waals surface area contributed by atoms with Crippen LogP contribution in [0, 0.1) is 5.92 Å². The minimum Gasteiger partial charge on any atom is -0.492 e. The fraction of sp³-hybridized carbons (Fsp3) is 0.385. The Balaban J connectivity index is 2.07. The summed E-state index contributed by atoms with van der Waals surface area (Å²) in [7, 11) is 1.53. The normalized spacial score (nSPS) is 21.7. The van der Waals surface area contributed by atoms with E-state index in [4.69, 9.17) is 24.9 Å². The molecule has 23 heavy (non-hydrogen) atoms. The maximum atomic E-state index is 11.7. The number of rotatable bonds is 3. The van der Waals surface area contributed by atoms with E-state index >= 15 is 0 Å². The van der Waals surface area contributed by atoms with Gasteiger partial charge in [0, 0.05) is 5.56 Å². The molecule has 8 nitrogen and oxygen atoms in total. The molecule has 3 rings (SSSR count). The first-order valence-electron chi connectivity index (χ1n) is 6.60. The number of hydrogen-bond acceptors (Lipinski definition) is 7. The van der Waals surface area contributed by atoms with Gasteiger partial charge in [-0.25, -0.2) is 5.84 Å². The van der Waals surface area contributed by atoms with Gasteiger partial charge in [-0.15, -0.1) is 0 Å². The van der Waals surface area contributed by atoms with E-state index in [1.165, 1.54) is 7.11 Å². The number of amides is 1. The zero-order valence-corrected chi connectivity index (χ0v) is 15.4. The number of nitrogens with two attached hydrogens (primary N) is 1. The molecule has 1 aromatic carbocycles. The third-order valence-electron chi connectivity index (χ3n) is 3.69. The van der Waals surface area contributed by atoms with Crippen LogP contribution in [0.1, 0.15) is 18.6 Å². The second kappa shape index (κ2) is 6.17. The van der Waals surface area contributed by atoms with Crippen LogP contribution in [-0.2, 0) is 9.63 Å². The fourth-order valence-electron chi connectivity index (χ4n) is 2.54. The van der Waals surface area contributed by atoms with E-state index in [1.54, 1.807) is 0 Å². The van der Waals surface area contributed by atoms with E-state index in [0.29, 0.717) is 31.8 Å². The Bertz CT molecular complexity index is 710. The molecule has 2 aliphatic rings. The summed E-state index contributed by atoms with van der Waals surface area (Å²) in [6.45, 7) is 1.92. The van der Waals surface area contributed by atoms with Crippen LogP contribution in [-0.4, -0.2) is 25.5 Å². The molecule has 0 unspecified atom stereocenters. The van der Waals surface area contributed by atoms with Crippen molar-refractivity contribution >= 4 is 43.5 Å². The average Bonchev–Trinajstić information content (AvgIpc) is 3.15. The van der Waals surface area contributed by atoms with E-state index in [9.17, 15) is 4.79 Å². The van der Waals surface area contributed by atoms with Gasteiger partial charge >= 0.3 is 0 Å². The number of carbonyl (C=O) groups is 1. The lowest BCUT2D eigenvalue weighted by Gasteiger charge is -2.20. The van der Waals surface area contributed by atoms with Gasteiger partial charge in [0.05, 0.1) is 22.0 Å². The van der Waals surface area contributed by atoms with Gasteiger partial charge in [0.15, 0.2) is 23.3 Å². The van der Waals surface area contributed by atoms with Crippen molar-refractivity contribution in [2.75, 3.05) is 13.9 Å². The van der Waals surface area contributed by atoms with Crippen molar-refractivity contribution in [1.82, 2.24) is 5.43 Å². The fourth-order valence-corrected chi connectivity index (χ4v) is 4.29. The Morgan fingerprint density at radius 2 is 2.04 bits per heavy atom. The number of ether oxygens (including phenoxy) is 3. The number of halogens is 2. The number of oxime groups is 1. The molecule has 1 amide bonds. The van der Waals surface area contributed by atoms with Crippen LogP contribution in [0.15, 0.2) is 14.1 Å². The van der Waals surface area contributed by atoms with Gasteiger partial charge in [-0.1, -0.05) is 12.1 Å². The Kier molecular flexibility index (Phi) is 4.39. The van der Waals surface area contributed by atoms with Crippen molar-refractivity contribution in [3.05, 3.63) is 14.5 Å². The molecule has 0 fully saturated rings. The summed E-state index contributed by atoms with van der Waals surface area (Å²) in [6, 6.07) is 0. The van der Waals surface area contributed by atoms with Crippen molar-refractivity contribution in [3.63, 3.8) is 0 Å². The molecule has 0 radical (unpaired) electrons. The molecular formula is C13H13Br2N3O5. The lowest BCUT2D eigenvalue weighted by Crippen LogP contribution is -2.38. The molecule has 2 atom stereocenters. The van der Waals surface area contributed by atoms with Gasteiger partial charge in [-0.05, 0) is 31.9 Å². The smallest absolute Gasteiger partial charge is 0.283 e. The molecule has 2 aliphatic heterocycles. The molecular weight excluding hydrogens is 438 g/mol. The van der Waals surface area contributed by atoms with Crippen molar-refractivity contribution < 1.29 is 23.8 Å². The monoisotopic (exact) mass is 449 g/mol. The molecule has 0 aliphatic carbocycles. The van der Waals surface area contributed by atoms with Crippen LogP contribution in [0.4, 0.5) is 0 Å². The number of hydrogen-bond donors (Lipinski definition) is 2. The average molecular weight is 451 g/mol. The summed E-state index contributed by atoms with van der Waals surface area (Å²) in [5, 5.41) is 3.85. The molecule has 3 N–H and O–H groups in total. The number of nitrogens with one attached hydrogen (secondary N) is 1. The first kappa shape index (κ1) is 16.3. The van der Waals surface area contributed by atoms with E-state index in [1.807, 2.05) is 6.92 Å². The zero-order chi connectivity index (χ0) is 16.7. The second-order valence-electron chi connectivity index (χ2n) is 4.90. The molecule has 0 bridgehead atoms. The first-order valence-corrected chi connectivity index (χ1v) is 8.18. The van der Waals surface area contributed by atoms with E-state index < -0.39 is 12.0 Å². The quantitative estimate of drug-likeness (QED) is 0.414. The van der Waals surface area contributed by atoms with Gasteiger partial charge in [0.2, 0.25) is 12.5 Å². The second-order valence-corrected chi connectivity index (χ2v) is 6.49. The Morgan fingerprint density at radius 1 is 1.35 bits per heavy atom. The van der Waals surface area contributed by atoms with E-state index in [0.717, 1.165) is 0 Å². The summed E-state index contributed by atoms with van der Waals surface area (Å²) in [4.78, 5) is 17.2. The highest BCUT2D eigenvalue weighted by Crippen LogP contribution is 2.55. The molecule has 0 saturated carbocycles. The van der Waals surface area contributed by atoms with Crippen LogP contribution in [0.2, 0.25) is 0 Å². The van der Waals surface area contributed by atoms with Crippen molar-refractivity contribution in [3.8, 4) is 17.2 Å². The highest BCUT2D eigenvalue weighted by Gasteiger charge is 2.41. The SMILES string of the molecule is COc1c(Br)c([C@H]2ON=C(C(=O)NN)[C@H]2C)c(Br)c2c1OCO2. The summed E-state index contributed by atoms with van der Waals surface area (Å²) in [5.74, 6) is 5.87. The highest BCUT2D eigenvalue weighted by atomic mass is 79.9. The largest absolute Gasteiger partial charge is 0.492 e. The third-order valence-corrected chi connectivity index (χ3v) is 5.27. The van der Waals surface area contributed by atoms with E-state index in [2.05, 4.69) is 42.4 Å². The van der Waals surface area contributed by atoms with Crippen LogP contribution < -0.4 is 25.5 Å². The maximum Gasteiger partial charge on any atom is 0.283 e. The van der Waals surface area contributed by atoms with Crippen molar-refractivity contribution in [2.24, 2.45) is 16.9 Å². The van der Waals surface area contributed by atoms with Gasteiger partial charge in [0.25, 0.3) is 5.91 Å². The molecule has 1 aromatic rings. The number of fused-ring (bicyclic) bond motifs is 1. The predicted octanol–water partition coefficient (Wildman–Crippen LogP) is 2.00. The number of nitrogens with zero attached hydrogens (tertiary/aromatic N) is 1. The molecule has 0 spiro atoms. The van der Waals surface area contributed by atoms with Gasteiger partial charge in [-0.2, -0.15) is 0 Å². The predicted molar refractivity (Wildman–Crippen MR) is 87.3 cm³/mol. The zero-order valence-electron chi connectivity index (χ0n) is 12.2. The van der Waals surface area contributed by atoms with Gasteiger partial charge in [0.1, 0.15) is 0 Å². The summed E-state index contributed by atoms with van der Waals surface area (Å²) in [5.41, 5.74) is 2.99. The lowest BCUT2D eigenvalue weighted by molar-refractivity contribution is -0.115. The highest BCUT2D eigenvalue weighted by molar-refractivity contribution is 9.11. The van der Waals surface area contributed by atoms with Gasteiger partial charge < -0.3 is 19.0 Å². The summed E-state index contributed by atoms with van der Waals surface area (Å²) < 4.78 is 17.6. The van der Waals surface area contributed by atoms with Crippen molar-refractivity contribution in [2.45, 2.75) is 13.0 Å². The van der Waals surface area contributed by atoms with Crippen molar-refractivity contribution in [1.29, 1.82) is 0 Å². The van der Waals surface area contributed by atoms with Gasteiger partial charge in [-0.3, -0.25) is 10.2 Å². The molecule has 0 aromatic heterocycles. The number of carbonyl (C=O) groups excluding carboxylic acids is 1. The Hall–Kier alpha value is -1.52. The number of hydrazine groups is 1. The minimum atomic E-state index is -0.519. The van der Waals surface area contributed by atoms with E-state index in [-0.39, 0.29) is 18.4 Å². The maximum absolute atomic E-state index is 11.7. The Labute approximate surface area is 148 Å². The Morgan fingerprint density at radius 3 is 2.70 bits per heavy atom. The van der Waals surface area contributed by atoms with Crippen LogP contribution in [0.25, 0.3) is 0 Å². The van der Waals surface area contributed by atoms with Crippen LogP contribution >= 0.6 is 31.9 Å². The summed E-state index contributed by atoms with van der Waals surface area (Å²) >= 11 is 7.02. The lowest BCUT2D eigenvalue weighted by atomic mass is 9.93. The summed E-state index contributed by atoms with van der Waals surface area (Å²) in [6.07, 6.45) is -0.519. The molecule has 0 saturated heterocycles. The standard InChI is InChI=1S/C13H13Br2N3O5/c1-4-8(13(19)17-16)18-23-9(4)5-6(14)10(20-2)12-11(7(5)15)21-3-22-12/h4,9H,3,16H2,1-2H3,(H,17,19)/t4-,9+/m1/s1. The molecule has 124 valence electrons. The number of benzene rings is 1. The molecule has 2 heterocycles. The number of methoxy groups -OCH3 is 1. The van der Waals surface area contributed by atoms with Crippen LogP contribution in [0.5, 0.6) is 17.2 Å². The van der Waals surface area contributed by atoms with Crippen LogP contribution in [0.3, 0.4) is 0 Å². The first-order chi connectivity index (χ1) is 11.0. The minimum absolute atomic E-state index is 0.0958. The third kappa shape index (κ3) is 2.45.